The lowest BCUT2D eigenvalue weighted by Crippen LogP contribution is -2.39. The van der Waals surface area contributed by atoms with E-state index in [1.165, 1.54) is 5.56 Å². The fourth-order valence-corrected chi connectivity index (χ4v) is 2.13. The minimum absolute atomic E-state index is 0.183. The van der Waals surface area contributed by atoms with E-state index in [-0.39, 0.29) is 5.54 Å². The monoisotopic (exact) mass is 297 g/mol. The second-order valence-electron chi connectivity index (χ2n) is 6.03. The average Bonchev–Trinajstić information content (AvgIpc) is 2.18. The van der Waals surface area contributed by atoms with Gasteiger partial charge in [-0.15, -0.1) is 0 Å². The predicted molar refractivity (Wildman–Crippen MR) is 79.5 cm³/mol. The number of hydrogen-bond acceptors (Lipinski definition) is 1. The lowest BCUT2D eigenvalue weighted by atomic mass is 9.88. The Labute approximate surface area is 114 Å². The largest absolute Gasteiger partial charge is 0.311 e. The first-order valence-electron chi connectivity index (χ1n) is 6.30. The van der Waals surface area contributed by atoms with E-state index in [1.54, 1.807) is 0 Å². The zero-order valence-electron chi connectivity index (χ0n) is 11.5. The van der Waals surface area contributed by atoms with Gasteiger partial charge < -0.3 is 5.32 Å². The molecular weight excluding hydrogens is 274 g/mol. The molecule has 0 aliphatic heterocycles. The smallest absolute Gasteiger partial charge is 0.0175 e. The van der Waals surface area contributed by atoms with Crippen LogP contribution in [0.5, 0.6) is 0 Å². The summed E-state index contributed by atoms with van der Waals surface area (Å²) >= 11 is 3.49. The molecule has 2 heteroatoms. The van der Waals surface area contributed by atoms with Gasteiger partial charge in [0.2, 0.25) is 0 Å². The zero-order valence-corrected chi connectivity index (χ0v) is 13.1. The Morgan fingerprint density at radius 1 is 1.12 bits per heavy atom. The molecule has 0 heterocycles. The Morgan fingerprint density at radius 3 is 2.06 bits per heavy atom. The standard InChI is InChI=1S/C15H24BrN/c1-11(2)14(10-17-15(3,4)5)12-6-8-13(16)9-7-12/h6-9,11,14,17H,10H2,1-5H3. The topological polar surface area (TPSA) is 12.0 Å². The van der Waals surface area contributed by atoms with Gasteiger partial charge in [-0.3, -0.25) is 0 Å². The highest BCUT2D eigenvalue weighted by Gasteiger charge is 2.18. The lowest BCUT2D eigenvalue weighted by molar-refractivity contribution is 0.372. The first kappa shape index (κ1) is 14.7. The fourth-order valence-electron chi connectivity index (χ4n) is 1.86. The van der Waals surface area contributed by atoms with Crippen molar-refractivity contribution in [2.24, 2.45) is 5.92 Å². The van der Waals surface area contributed by atoms with Gasteiger partial charge in [-0.2, -0.15) is 0 Å². The molecule has 0 aliphatic rings. The molecule has 1 unspecified atom stereocenters. The number of hydrogen-bond donors (Lipinski definition) is 1. The van der Waals surface area contributed by atoms with Crippen LogP contribution in [-0.4, -0.2) is 12.1 Å². The molecular formula is C15H24BrN. The Balaban J connectivity index is 2.76. The highest BCUT2D eigenvalue weighted by molar-refractivity contribution is 9.10. The van der Waals surface area contributed by atoms with E-state index in [0.717, 1.165) is 11.0 Å². The lowest BCUT2D eigenvalue weighted by Gasteiger charge is -2.28. The minimum Gasteiger partial charge on any atom is -0.311 e. The van der Waals surface area contributed by atoms with Gasteiger partial charge in [-0.05, 0) is 50.3 Å². The molecule has 17 heavy (non-hydrogen) atoms. The van der Waals surface area contributed by atoms with Crippen molar-refractivity contribution in [2.45, 2.75) is 46.1 Å². The molecule has 0 aliphatic carbocycles. The van der Waals surface area contributed by atoms with Crippen molar-refractivity contribution in [3.05, 3.63) is 34.3 Å². The fraction of sp³-hybridized carbons (Fsp3) is 0.600. The molecule has 0 saturated heterocycles. The normalized spacial score (nSPS) is 14.1. The van der Waals surface area contributed by atoms with E-state index in [9.17, 15) is 0 Å². The van der Waals surface area contributed by atoms with Crippen LogP contribution in [0, 0.1) is 5.92 Å². The summed E-state index contributed by atoms with van der Waals surface area (Å²) in [5.74, 6) is 1.22. The number of nitrogens with one attached hydrogen (secondary N) is 1. The van der Waals surface area contributed by atoms with E-state index >= 15 is 0 Å². The molecule has 1 atom stereocenters. The molecule has 0 radical (unpaired) electrons. The summed E-state index contributed by atoms with van der Waals surface area (Å²) in [7, 11) is 0. The predicted octanol–water partition coefficient (Wildman–Crippen LogP) is 4.58. The summed E-state index contributed by atoms with van der Waals surface area (Å²) in [6, 6.07) is 8.70. The maximum Gasteiger partial charge on any atom is 0.0175 e. The van der Waals surface area contributed by atoms with Crippen molar-refractivity contribution in [3.8, 4) is 0 Å². The van der Waals surface area contributed by atoms with E-state index in [1.807, 2.05) is 0 Å². The third-order valence-electron chi connectivity index (χ3n) is 2.96. The van der Waals surface area contributed by atoms with Gasteiger partial charge in [0.1, 0.15) is 0 Å². The van der Waals surface area contributed by atoms with Gasteiger partial charge in [0.25, 0.3) is 0 Å². The molecule has 0 fully saturated rings. The second kappa shape index (κ2) is 6.01. The Kier molecular flexibility index (Phi) is 5.21. The van der Waals surface area contributed by atoms with Crippen molar-refractivity contribution in [2.75, 3.05) is 6.54 Å². The van der Waals surface area contributed by atoms with Gasteiger partial charge in [-0.1, -0.05) is 41.9 Å². The van der Waals surface area contributed by atoms with Crippen LogP contribution < -0.4 is 5.32 Å². The van der Waals surface area contributed by atoms with E-state index in [2.05, 4.69) is 80.1 Å². The number of halogens is 1. The maximum atomic E-state index is 3.60. The molecule has 0 aromatic heterocycles. The minimum atomic E-state index is 0.183. The van der Waals surface area contributed by atoms with Crippen molar-refractivity contribution < 1.29 is 0 Å². The summed E-state index contributed by atoms with van der Waals surface area (Å²) in [5, 5.41) is 3.60. The van der Waals surface area contributed by atoms with Crippen molar-refractivity contribution in [1.82, 2.24) is 5.32 Å². The molecule has 1 aromatic rings. The van der Waals surface area contributed by atoms with Gasteiger partial charge >= 0.3 is 0 Å². The summed E-state index contributed by atoms with van der Waals surface area (Å²) < 4.78 is 1.15. The van der Waals surface area contributed by atoms with Crippen LogP contribution in [0.15, 0.2) is 28.7 Å². The Hall–Kier alpha value is -0.340. The van der Waals surface area contributed by atoms with E-state index in [4.69, 9.17) is 0 Å². The highest BCUT2D eigenvalue weighted by Crippen LogP contribution is 2.25. The van der Waals surface area contributed by atoms with Crippen molar-refractivity contribution in [1.29, 1.82) is 0 Å². The van der Waals surface area contributed by atoms with Crippen LogP contribution in [0.4, 0.5) is 0 Å². The van der Waals surface area contributed by atoms with Gasteiger partial charge in [0, 0.05) is 16.6 Å². The highest BCUT2D eigenvalue weighted by atomic mass is 79.9. The zero-order chi connectivity index (χ0) is 13.1. The molecule has 0 bridgehead atoms. The summed E-state index contributed by atoms with van der Waals surface area (Å²) in [6.07, 6.45) is 0. The van der Waals surface area contributed by atoms with Crippen molar-refractivity contribution >= 4 is 15.9 Å². The van der Waals surface area contributed by atoms with Gasteiger partial charge in [-0.25, -0.2) is 0 Å². The van der Waals surface area contributed by atoms with Crippen LogP contribution in [-0.2, 0) is 0 Å². The molecule has 0 amide bonds. The number of rotatable bonds is 4. The molecule has 1 N–H and O–H groups in total. The first-order chi connectivity index (χ1) is 7.79. The summed E-state index contributed by atoms with van der Waals surface area (Å²) in [5.41, 5.74) is 1.60. The Bertz CT molecular complexity index is 335. The third kappa shape index (κ3) is 5.22. The first-order valence-corrected chi connectivity index (χ1v) is 7.09. The molecule has 0 spiro atoms. The third-order valence-corrected chi connectivity index (χ3v) is 3.48. The second-order valence-corrected chi connectivity index (χ2v) is 6.95. The summed E-state index contributed by atoms with van der Waals surface area (Å²) in [4.78, 5) is 0. The average molecular weight is 298 g/mol. The van der Waals surface area contributed by atoms with Crippen molar-refractivity contribution in [3.63, 3.8) is 0 Å². The van der Waals surface area contributed by atoms with Crippen LogP contribution in [0.2, 0.25) is 0 Å². The molecule has 1 rings (SSSR count). The van der Waals surface area contributed by atoms with E-state index in [0.29, 0.717) is 11.8 Å². The Morgan fingerprint density at radius 2 is 1.65 bits per heavy atom. The number of benzene rings is 1. The van der Waals surface area contributed by atoms with Crippen LogP contribution >= 0.6 is 15.9 Å². The van der Waals surface area contributed by atoms with Crippen LogP contribution in [0.25, 0.3) is 0 Å². The quantitative estimate of drug-likeness (QED) is 0.858. The molecule has 0 saturated carbocycles. The maximum absolute atomic E-state index is 3.60. The van der Waals surface area contributed by atoms with Crippen LogP contribution in [0.1, 0.15) is 46.1 Å². The summed E-state index contributed by atoms with van der Waals surface area (Å²) in [6.45, 7) is 12.3. The molecule has 1 aromatic carbocycles. The van der Waals surface area contributed by atoms with Gasteiger partial charge in [0.05, 0.1) is 0 Å². The van der Waals surface area contributed by atoms with Gasteiger partial charge in [0.15, 0.2) is 0 Å². The molecule has 96 valence electrons. The SMILES string of the molecule is CC(C)C(CNC(C)(C)C)c1ccc(Br)cc1. The van der Waals surface area contributed by atoms with Crippen LogP contribution in [0.3, 0.4) is 0 Å². The molecule has 1 nitrogen and oxygen atoms in total. The van der Waals surface area contributed by atoms with E-state index < -0.39 is 0 Å².